The highest BCUT2D eigenvalue weighted by molar-refractivity contribution is 6.32. The lowest BCUT2D eigenvalue weighted by Crippen LogP contribution is -2.26. The monoisotopic (exact) mass is 486 g/mol. The number of amides is 1. The van der Waals surface area contributed by atoms with Crippen LogP contribution in [0.4, 0.5) is 5.69 Å². The molecule has 0 bridgehead atoms. The Morgan fingerprint density at radius 1 is 1.00 bits per heavy atom. The topological polar surface area (TPSA) is 77.5 Å². The highest BCUT2D eigenvalue weighted by Gasteiger charge is 2.30. The number of hydrogen-bond donors (Lipinski definition) is 1. The Balaban J connectivity index is 1.49. The molecule has 1 unspecified atom stereocenters. The van der Waals surface area contributed by atoms with Crippen LogP contribution in [0.15, 0.2) is 72.8 Å². The number of esters is 1. The van der Waals surface area contributed by atoms with E-state index in [4.69, 9.17) is 26.1 Å². The predicted octanol–water partition coefficient (Wildman–Crippen LogP) is 5.92. The quantitative estimate of drug-likeness (QED) is 0.342. The first-order valence-electron chi connectivity index (χ1n) is 11.4. The van der Waals surface area contributed by atoms with Gasteiger partial charge in [0.15, 0.2) is 0 Å². The number of halogens is 1. The molecule has 1 heterocycles. The van der Waals surface area contributed by atoms with Gasteiger partial charge in [-0.05, 0) is 49.1 Å². The predicted molar refractivity (Wildman–Crippen MR) is 135 cm³/mol. The SMILES string of the molecule is COc1ccc(NC(=O)C(OC(=O)c2c3c(nc4ccccc24)CCC3)c2ccccc2)cc1Cl. The number of aryl methyl sites for hydroxylation is 1. The van der Waals surface area contributed by atoms with Gasteiger partial charge in [-0.15, -0.1) is 0 Å². The summed E-state index contributed by atoms with van der Waals surface area (Å²) < 4.78 is 11.1. The molecule has 0 radical (unpaired) electrons. The second kappa shape index (κ2) is 9.76. The normalized spacial score (nSPS) is 13.2. The van der Waals surface area contributed by atoms with Gasteiger partial charge < -0.3 is 14.8 Å². The molecular weight excluding hydrogens is 464 g/mol. The summed E-state index contributed by atoms with van der Waals surface area (Å²) in [6.45, 7) is 0. The maximum atomic E-state index is 13.6. The zero-order valence-electron chi connectivity index (χ0n) is 19.1. The van der Waals surface area contributed by atoms with E-state index in [0.29, 0.717) is 27.6 Å². The molecule has 1 atom stereocenters. The minimum absolute atomic E-state index is 0.359. The van der Waals surface area contributed by atoms with Crippen LogP contribution in [0.1, 0.15) is 39.7 Å². The molecule has 0 fully saturated rings. The molecule has 4 aromatic rings. The number of ether oxygens (including phenoxy) is 2. The first-order chi connectivity index (χ1) is 17.0. The summed E-state index contributed by atoms with van der Waals surface area (Å²) in [5.74, 6) is -0.534. The maximum absolute atomic E-state index is 13.6. The van der Waals surface area contributed by atoms with Crippen molar-refractivity contribution in [2.45, 2.75) is 25.4 Å². The largest absolute Gasteiger partial charge is 0.495 e. The van der Waals surface area contributed by atoms with Crippen LogP contribution in [0.2, 0.25) is 5.02 Å². The van der Waals surface area contributed by atoms with Crippen LogP contribution in [0.25, 0.3) is 10.9 Å². The summed E-state index contributed by atoms with van der Waals surface area (Å²) in [6.07, 6.45) is 1.35. The van der Waals surface area contributed by atoms with Gasteiger partial charge >= 0.3 is 5.97 Å². The summed E-state index contributed by atoms with van der Waals surface area (Å²) in [5, 5.41) is 3.90. The molecule has 5 rings (SSSR count). The average Bonchev–Trinajstić information content (AvgIpc) is 3.34. The van der Waals surface area contributed by atoms with Gasteiger partial charge in [0.1, 0.15) is 5.75 Å². The van der Waals surface area contributed by atoms with E-state index in [1.165, 1.54) is 7.11 Å². The molecule has 7 heteroatoms. The summed E-state index contributed by atoms with van der Waals surface area (Å²) in [6, 6.07) is 21.4. The molecule has 1 aliphatic rings. The third-order valence-corrected chi connectivity index (χ3v) is 6.40. The Bertz CT molecular complexity index is 1420. The number of fused-ring (bicyclic) bond motifs is 2. The fourth-order valence-electron chi connectivity index (χ4n) is 4.46. The highest BCUT2D eigenvalue weighted by Crippen LogP contribution is 2.33. The Labute approximate surface area is 207 Å². The van der Waals surface area contributed by atoms with Gasteiger partial charge in [0.2, 0.25) is 6.10 Å². The van der Waals surface area contributed by atoms with E-state index in [9.17, 15) is 9.59 Å². The molecule has 0 saturated heterocycles. The molecule has 0 saturated carbocycles. The number of hydrogen-bond acceptors (Lipinski definition) is 5. The van der Waals surface area contributed by atoms with E-state index < -0.39 is 18.0 Å². The van der Waals surface area contributed by atoms with Gasteiger partial charge in [0, 0.05) is 22.3 Å². The van der Waals surface area contributed by atoms with E-state index in [0.717, 1.165) is 41.4 Å². The van der Waals surface area contributed by atoms with Crippen molar-refractivity contribution in [3.63, 3.8) is 0 Å². The summed E-state index contributed by atoms with van der Waals surface area (Å²) in [5.41, 5.74) is 4.09. The van der Waals surface area contributed by atoms with Crippen LogP contribution in [-0.4, -0.2) is 24.0 Å². The molecule has 1 aliphatic carbocycles. The molecule has 6 nitrogen and oxygen atoms in total. The van der Waals surface area contributed by atoms with E-state index in [1.807, 2.05) is 30.3 Å². The third kappa shape index (κ3) is 4.57. The number of methoxy groups -OCH3 is 1. The lowest BCUT2D eigenvalue weighted by atomic mass is 10.0. The summed E-state index contributed by atoms with van der Waals surface area (Å²) in [4.78, 5) is 31.7. The fourth-order valence-corrected chi connectivity index (χ4v) is 4.72. The van der Waals surface area contributed by atoms with Gasteiger partial charge in [-0.25, -0.2) is 4.79 Å². The van der Waals surface area contributed by atoms with Crippen molar-refractivity contribution >= 4 is 40.1 Å². The van der Waals surface area contributed by atoms with Crippen LogP contribution in [0, 0.1) is 0 Å². The van der Waals surface area contributed by atoms with Gasteiger partial charge in [-0.1, -0.05) is 60.1 Å². The van der Waals surface area contributed by atoms with Crippen LogP contribution in [0.3, 0.4) is 0 Å². The minimum atomic E-state index is -1.16. The van der Waals surface area contributed by atoms with Gasteiger partial charge in [-0.2, -0.15) is 0 Å². The molecule has 1 amide bonds. The zero-order chi connectivity index (χ0) is 24.4. The van der Waals surface area contributed by atoms with Crippen molar-refractivity contribution in [3.05, 3.63) is 100 Å². The average molecular weight is 487 g/mol. The van der Waals surface area contributed by atoms with E-state index >= 15 is 0 Å². The summed E-state index contributed by atoms with van der Waals surface area (Å²) >= 11 is 6.22. The van der Waals surface area contributed by atoms with Crippen LogP contribution in [-0.2, 0) is 22.4 Å². The Morgan fingerprint density at radius 3 is 2.54 bits per heavy atom. The van der Waals surface area contributed by atoms with E-state index in [2.05, 4.69) is 5.32 Å². The first-order valence-corrected chi connectivity index (χ1v) is 11.7. The molecule has 176 valence electrons. The third-order valence-electron chi connectivity index (χ3n) is 6.11. The van der Waals surface area contributed by atoms with Crippen molar-refractivity contribution in [2.24, 2.45) is 0 Å². The maximum Gasteiger partial charge on any atom is 0.340 e. The summed E-state index contributed by atoms with van der Waals surface area (Å²) in [7, 11) is 1.52. The standard InChI is InChI=1S/C28H23ClN2O4/c1-34-24-15-14-18(16-21(24)29)30-27(32)26(17-8-3-2-4-9-17)35-28(33)25-19-10-5-6-12-22(19)31-23-13-7-11-20(23)25/h2-6,8-10,12,14-16,26H,7,11,13H2,1H3,(H,30,32). The van der Waals surface area contributed by atoms with Gasteiger partial charge in [-0.3, -0.25) is 9.78 Å². The second-order valence-corrected chi connectivity index (χ2v) is 8.72. The van der Waals surface area contributed by atoms with Crippen molar-refractivity contribution in [1.82, 2.24) is 4.98 Å². The molecule has 1 aromatic heterocycles. The van der Waals surface area contributed by atoms with Crippen LogP contribution in [0.5, 0.6) is 5.75 Å². The first kappa shape index (κ1) is 22.9. The second-order valence-electron chi connectivity index (χ2n) is 8.32. The molecular formula is C28H23ClN2O4. The molecule has 35 heavy (non-hydrogen) atoms. The Kier molecular flexibility index (Phi) is 6.38. The number of anilines is 1. The lowest BCUT2D eigenvalue weighted by Gasteiger charge is -2.20. The van der Waals surface area contributed by atoms with Crippen molar-refractivity contribution < 1.29 is 19.1 Å². The molecule has 0 aliphatic heterocycles. The highest BCUT2D eigenvalue weighted by atomic mass is 35.5. The number of nitrogens with one attached hydrogen (secondary N) is 1. The van der Waals surface area contributed by atoms with Crippen molar-refractivity contribution in [1.29, 1.82) is 0 Å². The Hall–Kier alpha value is -3.90. The number of benzene rings is 3. The minimum Gasteiger partial charge on any atom is -0.495 e. The van der Waals surface area contributed by atoms with Crippen LogP contribution < -0.4 is 10.1 Å². The molecule has 3 aromatic carbocycles. The number of aromatic nitrogens is 1. The molecule has 0 spiro atoms. The van der Waals surface area contributed by atoms with E-state index in [-0.39, 0.29) is 0 Å². The Morgan fingerprint density at radius 2 is 1.77 bits per heavy atom. The van der Waals surface area contributed by atoms with E-state index in [1.54, 1.807) is 42.5 Å². The number of carbonyl (C=O) groups is 2. The smallest absolute Gasteiger partial charge is 0.340 e. The van der Waals surface area contributed by atoms with Crippen molar-refractivity contribution in [3.8, 4) is 5.75 Å². The number of para-hydroxylation sites is 1. The number of rotatable bonds is 6. The number of pyridine rings is 1. The number of carbonyl (C=O) groups excluding carboxylic acids is 2. The van der Waals surface area contributed by atoms with Gasteiger partial charge in [0.05, 0.1) is 23.2 Å². The lowest BCUT2D eigenvalue weighted by molar-refractivity contribution is -0.125. The fraction of sp³-hybridized carbons (Fsp3) is 0.179. The zero-order valence-corrected chi connectivity index (χ0v) is 19.8. The van der Waals surface area contributed by atoms with Crippen molar-refractivity contribution in [2.75, 3.05) is 12.4 Å². The van der Waals surface area contributed by atoms with Crippen LogP contribution >= 0.6 is 11.6 Å². The van der Waals surface area contributed by atoms with Gasteiger partial charge in [0.25, 0.3) is 5.91 Å². The molecule has 1 N–H and O–H groups in total. The number of nitrogens with zero attached hydrogens (tertiary/aromatic N) is 1.